The summed E-state index contributed by atoms with van der Waals surface area (Å²) in [5.74, 6) is 1.54. The van der Waals surface area contributed by atoms with Gasteiger partial charge in [-0.1, -0.05) is 12.1 Å². The topological polar surface area (TPSA) is 85.5 Å². The van der Waals surface area contributed by atoms with E-state index in [1.165, 1.54) is 4.31 Å². The molecule has 3 aromatic rings. The van der Waals surface area contributed by atoms with Gasteiger partial charge in [0.2, 0.25) is 21.8 Å². The second-order valence-corrected chi connectivity index (χ2v) is 9.20. The second-order valence-electron chi connectivity index (χ2n) is 6.52. The van der Waals surface area contributed by atoms with Crippen LogP contribution in [0.15, 0.2) is 50.4 Å². The Balaban J connectivity index is 1.47. The fourth-order valence-corrected chi connectivity index (χ4v) is 5.55. The lowest BCUT2D eigenvalue weighted by Gasteiger charge is -2.30. The lowest BCUT2D eigenvalue weighted by molar-refractivity contribution is 0.288. The predicted molar refractivity (Wildman–Crippen MR) is 106 cm³/mol. The first-order valence-corrected chi connectivity index (χ1v) is 11.6. The largest absolute Gasteiger partial charge is 0.492 e. The molecule has 0 spiro atoms. The van der Waals surface area contributed by atoms with Crippen LogP contribution >= 0.6 is 11.3 Å². The maximum atomic E-state index is 13.1. The Hall–Kier alpha value is -2.23. The molecule has 0 saturated carbocycles. The number of para-hydroxylation sites is 1. The van der Waals surface area contributed by atoms with E-state index in [2.05, 4.69) is 10.2 Å². The Kier molecular flexibility index (Phi) is 5.47. The number of aromatic nitrogens is 2. The van der Waals surface area contributed by atoms with Crippen molar-refractivity contribution >= 4 is 21.4 Å². The normalized spacial score (nSPS) is 16.3. The molecule has 1 aliphatic heterocycles. The number of nitrogens with zero attached hydrogens (tertiary/aromatic N) is 3. The van der Waals surface area contributed by atoms with Crippen molar-refractivity contribution in [3.63, 3.8) is 0 Å². The van der Waals surface area contributed by atoms with Crippen molar-refractivity contribution < 1.29 is 17.6 Å². The SMILES string of the molecule is CCOc1ccccc1S(=O)(=O)N1CCC(c2nnc(-c3ccsc3)o2)CC1. The highest BCUT2D eigenvalue weighted by Gasteiger charge is 2.33. The third-order valence-corrected chi connectivity index (χ3v) is 7.40. The number of ether oxygens (including phenoxy) is 1. The number of hydrogen-bond donors (Lipinski definition) is 0. The first kappa shape index (κ1) is 19.1. The summed E-state index contributed by atoms with van der Waals surface area (Å²) in [7, 11) is -3.61. The van der Waals surface area contributed by atoms with Crippen molar-refractivity contribution in [2.75, 3.05) is 19.7 Å². The van der Waals surface area contributed by atoms with Crippen molar-refractivity contribution in [3.8, 4) is 17.2 Å². The van der Waals surface area contributed by atoms with Crippen LogP contribution in [0.4, 0.5) is 0 Å². The molecule has 0 unspecified atom stereocenters. The minimum absolute atomic E-state index is 0.0634. The third-order valence-electron chi connectivity index (χ3n) is 4.78. The fraction of sp³-hybridized carbons (Fsp3) is 0.368. The van der Waals surface area contributed by atoms with Crippen LogP contribution in [-0.2, 0) is 10.0 Å². The molecule has 1 aromatic carbocycles. The van der Waals surface area contributed by atoms with E-state index in [0.29, 0.717) is 50.1 Å². The van der Waals surface area contributed by atoms with Crippen molar-refractivity contribution in [1.82, 2.24) is 14.5 Å². The number of hydrogen-bond acceptors (Lipinski definition) is 7. The van der Waals surface area contributed by atoms with E-state index in [1.54, 1.807) is 35.6 Å². The molecule has 1 fully saturated rings. The van der Waals surface area contributed by atoms with E-state index in [9.17, 15) is 8.42 Å². The Morgan fingerprint density at radius 2 is 2.00 bits per heavy atom. The van der Waals surface area contributed by atoms with Crippen LogP contribution in [0.25, 0.3) is 11.5 Å². The average molecular weight is 420 g/mol. The molecular weight excluding hydrogens is 398 g/mol. The summed E-state index contributed by atoms with van der Waals surface area (Å²) in [6.07, 6.45) is 1.28. The number of rotatable bonds is 6. The Morgan fingerprint density at radius 3 is 2.71 bits per heavy atom. The highest BCUT2D eigenvalue weighted by atomic mass is 32.2. The molecule has 0 amide bonds. The van der Waals surface area contributed by atoms with E-state index < -0.39 is 10.0 Å². The quantitative estimate of drug-likeness (QED) is 0.605. The number of piperidine rings is 1. The van der Waals surface area contributed by atoms with Crippen LogP contribution in [-0.4, -0.2) is 42.6 Å². The minimum Gasteiger partial charge on any atom is -0.492 e. The summed E-state index contributed by atoms with van der Waals surface area (Å²) in [4.78, 5) is 0.216. The Morgan fingerprint density at radius 1 is 1.21 bits per heavy atom. The second kappa shape index (κ2) is 8.02. The molecule has 4 rings (SSSR count). The first-order valence-electron chi connectivity index (χ1n) is 9.17. The molecule has 3 heterocycles. The third kappa shape index (κ3) is 3.69. The number of sulfonamides is 1. The molecule has 1 aliphatic rings. The predicted octanol–water partition coefficient (Wildman–Crippen LogP) is 3.77. The highest BCUT2D eigenvalue weighted by molar-refractivity contribution is 7.89. The van der Waals surface area contributed by atoms with Crippen LogP contribution in [0.3, 0.4) is 0 Å². The summed E-state index contributed by atoms with van der Waals surface area (Å²) in [5, 5.41) is 12.2. The standard InChI is InChI=1S/C19H21N3O4S2/c1-2-25-16-5-3-4-6-17(16)28(23,24)22-10-7-14(8-11-22)18-20-21-19(26-18)15-9-12-27-13-15/h3-6,9,12-14H,2,7-8,10-11H2,1H3. The van der Waals surface area contributed by atoms with Crippen molar-refractivity contribution in [3.05, 3.63) is 47.0 Å². The van der Waals surface area contributed by atoms with Crippen molar-refractivity contribution in [2.24, 2.45) is 0 Å². The summed E-state index contributed by atoms with van der Waals surface area (Å²) in [6, 6.07) is 8.71. The number of thiophene rings is 1. The minimum atomic E-state index is -3.61. The van der Waals surface area contributed by atoms with Gasteiger partial charge in [0.05, 0.1) is 6.61 Å². The lowest BCUT2D eigenvalue weighted by Crippen LogP contribution is -2.38. The molecule has 2 aromatic heterocycles. The van der Waals surface area contributed by atoms with Gasteiger partial charge in [-0.05, 0) is 43.3 Å². The summed E-state index contributed by atoms with van der Waals surface area (Å²) in [6.45, 7) is 3.06. The maximum absolute atomic E-state index is 13.1. The molecule has 0 atom stereocenters. The zero-order chi connectivity index (χ0) is 19.6. The van der Waals surface area contributed by atoms with E-state index in [1.807, 2.05) is 23.8 Å². The van der Waals surface area contributed by atoms with Crippen LogP contribution in [0.1, 0.15) is 31.6 Å². The first-order chi connectivity index (χ1) is 13.6. The molecule has 0 radical (unpaired) electrons. The highest BCUT2D eigenvalue weighted by Crippen LogP contribution is 2.33. The van der Waals surface area contributed by atoms with Gasteiger partial charge in [0.15, 0.2) is 0 Å². The molecular formula is C19H21N3O4S2. The number of benzene rings is 1. The summed E-state index contributed by atoms with van der Waals surface area (Å²) < 4.78 is 39.0. The summed E-state index contributed by atoms with van der Waals surface area (Å²) in [5.41, 5.74) is 0.913. The van der Waals surface area contributed by atoms with Crippen LogP contribution in [0.5, 0.6) is 5.75 Å². The van der Waals surface area contributed by atoms with Crippen LogP contribution in [0.2, 0.25) is 0 Å². The zero-order valence-electron chi connectivity index (χ0n) is 15.4. The monoisotopic (exact) mass is 419 g/mol. The van der Waals surface area contributed by atoms with Gasteiger partial charge in [0, 0.05) is 30.0 Å². The molecule has 0 aliphatic carbocycles. The van der Waals surface area contributed by atoms with Crippen molar-refractivity contribution in [1.29, 1.82) is 0 Å². The van der Waals surface area contributed by atoms with Crippen molar-refractivity contribution in [2.45, 2.75) is 30.6 Å². The van der Waals surface area contributed by atoms with Gasteiger partial charge in [0.25, 0.3) is 0 Å². The van der Waals surface area contributed by atoms with E-state index in [4.69, 9.17) is 9.15 Å². The van der Waals surface area contributed by atoms with Gasteiger partial charge < -0.3 is 9.15 Å². The smallest absolute Gasteiger partial charge is 0.248 e. The van der Waals surface area contributed by atoms with Gasteiger partial charge in [-0.2, -0.15) is 15.6 Å². The Labute approximate surface area is 168 Å². The van der Waals surface area contributed by atoms with E-state index in [0.717, 1.165) is 5.56 Å². The molecule has 0 bridgehead atoms. The van der Waals surface area contributed by atoms with Crippen LogP contribution < -0.4 is 4.74 Å². The van der Waals surface area contributed by atoms with Gasteiger partial charge in [0.1, 0.15) is 10.6 Å². The van der Waals surface area contributed by atoms with Gasteiger partial charge in [-0.3, -0.25) is 0 Å². The fourth-order valence-electron chi connectivity index (χ4n) is 3.32. The van der Waals surface area contributed by atoms with E-state index >= 15 is 0 Å². The maximum Gasteiger partial charge on any atom is 0.248 e. The molecule has 0 N–H and O–H groups in total. The molecule has 7 nitrogen and oxygen atoms in total. The van der Waals surface area contributed by atoms with Gasteiger partial charge in [-0.15, -0.1) is 10.2 Å². The van der Waals surface area contributed by atoms with E-state index in [-0.39, 0.29) is 10.8 Å². The summed E-state index contributed by atoms with van der Waals surface area (Å²) >= 11 is 1.57. The van der Waals surface area contributed by atoms with Gasteiger partial charge in [-0.25, -0.2) is 8.42 Å². The molecule has 1 saturated heterocycles. The average Bonchev–Trinajstić information content (AvgIpc) is 3.40. The Bertz CT molecular complexity index is 1020. The lowest BCUT2D eigenvalue weighted by atomic mass is 9.98. The van der Waals surface area contributed by atoms with Crippen LogP contribution in [0, 0.1) is 0 Å². The van der Waals surface area contributed by atoms with Gasteiger partial charge >= 0.3 is 0 Å². The molecule has 28 heavy (non-hydrogen) atoms. The molecule has 148 valence electrons. The molecule has 9 heteroatoms. The zero-order valence-corrected chi connectivity index (χ0v) is 17.1.